The highest BCUT2D eigenvalue weighted by Gasteiger charge is 2.60. The molecule has 0 aromatic heterocycles. The molecular formula is C23H20F6N2O3. The molecule has 34 heavy (non-hydrogen) atoms. The molecule has 1 fully saturated rings. The number of nitriles is 1. The van der Waals surface area contributed by atoms with Gasteiger partial charge in [0.25, 0.3) is 6.10 Å². The van der Waals surface area contributed by atoms with E-state index in [4.69, 9.17) is 10.00 Å². The summed E-state index contributed by atoms with van der Waals surface area (Å²) in [6, 6.07) is 16.4. The molecule has 0 unspecified atom stereocenters. The Hall–Kier alpha value is -3.42. The number of halogens is 6. The lowest BCUT2D eigenvalue weighted by Crippen LogP contribution is -2.49. The van der Waals surface area contributed by atoms with E-state index in [-0.39, 0.29) is 25.6 Å². The van der Waals surface area contributed by atoms with Crippen molar-refractivity contribution in [3.05, 3.63) is 54.1 Å². The van der Waals surface area contributed by atoms with Crippen molar-refractivity contribution in [2.75, 3.05) is 19.7 Å². The number of amides is 1. The summed E-state index contributed by atoms with van der Waals surface area (Å²) in [6.45, 7) is 0.215. The first-order chi connectivity index (χ1) is 16.0. The van der Waals surface area contributed by atoms with Crippen LogP contribution in [0, 0.1) is 17.2 Å². The van der Waals surface area contributed by atoms with Gasteiger partial charge in [-0.25, -0.2) is 4.79 Å². The van der Waals surface area contributed by atoms with Crippen LogP contribution in [0.4, 0.5) is 31.1 Å². The van der Waals surface area contributed by atoms with E-state index in [1.165, 1.54) is 0 Å². The van der Waals surface area contributed by atoms with E-state index < -0.39 is 24.5 Å². The summed E-state index contributed by atoms with van der Waals surface area (Å²) in [5.74, 6) is 0.570. The SMILES string of the molecule is N#Cc1ccc(-c2ccc(OCC3CCN(C(=O)OC(C(F)(F)F)C(F)(F)F)CC3)cc2)cc1. The molecule has 182 valence electrons. The van der Waals surface area contributed by atoms with Gasteiger partial charge in [0.1, 0.15) is 5.75 Å². The molecule has 2 aromatic rings. The topological polar surface area (TPSA) is 62.6 Å². The van der Waals surface area contributed by atoms with E-state index >= 15 is 0 Å². The Morgan fingerprint density at radius 1 is 0.941 bits per heavy atom. The molecule has 0 radical (unpaired) electrons. The van der Waals surface area contributed by atoms with E-state index in [0.29, 0.717) is 24.2 Å². The monoisotopic (exact) mass is 486 g/mol. The van der Waals surface area contributed by atoms with Crippen LogP contribution in [0.5, 0.6) is 5.75 Å². The maximum absolute atomic E-state index is 12.6. The highest BCUT2D eigenvalue weighted by Crippen LogP contribution is 2.36. The van der Waals surface area contributed by atoms with Crippen molar-refractivity contribution in [3.63, 3.8) is 0 Å². The summed E-state index contributed by atoms with van der Waals surface area (Å²) in [5, 5.41) is 8.86. The largest absolute Gasteiger partial charge is 0.493 e. The number of nitrogens with zero attached hydrogens (tertiary/aromatic N) is 2. The first kappa shape index (κ1) is 25.2. The summed E-state index contributed by atoms with van der Waals surface area (Å²) in [5.41, 5.74) is 2.42. The predicted octanol–water partition coefficient (Wildman–Crippen LogP) is 5.95. The fourth-order valence-corrected chi connectivity index (χ4v) is 3.47. The van der Waals surface area contributed by atoms with E-state index in [1.54, 1.807) is 24.3 Å². The van der Waals surface area contributed by atoms with Crippen LogP contribution in [0.2, 0.25) is 0 Å². The Labute approximate surface area is 191 Å². The fraction of sp³-hybridized carbons (Fsp3) is 0.391. The van der Waals surface area contributed by atoms with E-state index in [9.17, 15) is 31.1 Å². The second kappa shape index (κ2) is 10.2. The van der Waals surface area contributed by atoms with Crippen molar-refractivity contribution < 1.29 is 40.6 Å². The normalized spacial score (nSPS) is 15.2. The zero-order chi connectivity index (χ0) is 24.9. The van der Waals surface area contributed by atoms with Gasteiger partial charge in [0, 0.05) is 13.1 Å². The van der Waals surface area contributed by atoms with Crippen LogP contribution in [0.1, 0.15) is 18.4 Å². The van der Waals surface area contributed by atoms with Crippen LogP contribution in [0.15, 0.2) is 48.5 Å². The number of hydrogen-bond acceptors (Lipinski definition) is 4. The Balaban J connectivity index is 1.47. The molecule has 5 nitrogen and oxygen atoms in total. The molecule has 1 aliphatic rings. The zero-order valence-electron chi connectivity index (χ0n) is 17.7. The van der Waals surface area contributed by atoms with Crippen LogP contribution in [0.3, 0.4) is 0 Å². The summed E-state index contributed by atoms with van der Waals surface area (Å²) >= 11 is 0. The Morgan fingerprint density at radius 2 is 1.44 bits per heavy atom. The molecule has 1 saturated heterocycles. The Bertz CT molecular complexity index is 991. The second-order valence-electron chi connectivity index (χ2n) is 7.80. The van der Waals surface area contributed by atoms with E-state index in [2.05, 4.69) is 10.8 Å². The van der Waals surface area contributed by atoms with Crippen molar-refractivity contribution in [1.82, 2.24) is 4.90 Å². The van der Waals surface area contributed by atoms with Crippen LogP contribution >= 0.6 is 0 Å². The Kier molecular flexibility index (Phi) is 7.59. The second-order valence-corrected chi connectivity index (χ2v) is 7.80. The standard InChI is InChI=1S/C23H20F6N2O3/c24-22(25,26)20(23(27,28)29)34-21(32)31-11-9-16(10-12-31)14-33-19-7-5-18(6-8-19)17-3-1-15(13-30)2-4-17/h1-8,16,20H,9-12,14H2. The number of piperidine rings is 1. The molecule has 0 saturated carbocycles. The number of rotatable bonds is 5. The Morgan fingerprint density at radius 3 is 1.91 bits per heavy atom. The number of ether oxygens (including phenoxy) is 2. The molecule has 1 aliphatic heterocycles. The minimum atomic E-state index is -5.74. The molecule has 2 aromatic carbocycles. The van der Waals surface area contributed by atoms with Crippen molar-refractivity contribution in [2.24, 2.45) is 5.92 Å². The van der Waals surface area contributed by atoms with Crippen LogP contribution < -0.4 is 4.74 Å². The number of carbonyl (C=O) groups is 1. The highest BCUT2D eigenvalue weighted by atomic mass is 19.4. The van der Waals surface area contributed by atoms with Crippen LogP contribution in [-0.2, 0) is 4.74 Å². The van der Waals surface area contributed by atoms with Crippen molar-refractivity contribution >= 4 is 6.09 Å². The minimum absolute atomic E-state index is 0.0247. The van der Waals surface area contributed by atoms with Gasteiger partial charge < -0.3 is 14.4 Å². The molecule has 0 aliphatic carbocycles. The number of carbonyl (C=O) groups excluding carboxylic acids is 1. The number of alkyl halides is 6. The molecule has 1 heterocycles. The average Bonchev–Trinajstić information content (AvgIpc) is 2.80. The molecular weight excluding hydrogens is 466 g/mol. The molecule has 3 rings (SSSR count). The molecule has 0 N–H and O–H groups in total. The third-order valence-corrected chi connectivity index (χ3v) is 5.37. The first-order valence-electron chi connectivity index (χ1n) is 10.3. The van der Waals surface area contributed by atoms with Gasteiger partial charge in [0.05, 0.1) is 18.2 Å². The number of hydrogen-bond donors (Lipinski definition) is 0. The lowest BCUT2D eigenvalue weighted by atomic mass is 9.98. The summed E-state index contributed by atoms with van der Waals surface area (Å²) in [6.07, 6.45) is -16.6. The van der Waals surface area contributed by atoms with Gasteiger partial charge in [0.15, 0.2) is 0 Å². The molecule has 1 amide bonds. The van der Waals surface area contributed by atoms with Gasteiger partial charge in [-0.1, -0.05) is 24.3 Å². The summed E-state index contributed by atoms with van der Waals surface area (Å²) in [4.78, 5) is 12.7. The number of likely N-dealkylation sites (tertiary alicyclic amines) is 1. The lowest BCUT2D eigenvalue weighted by Gasteiger charge is -2.33. The van der Waals surface area contributed by atoms with Gasteiger partial charge in [-0.2, -0.15) is 31.6 Å². The quantitative estimate of drug-likeness (QED) is 0.491. The van der Waals surface area contributed by atoms with Crippen LogP contribution in [0.25, 0.3) is 11.1 Å². The lowest BCUT2D eigenvalue weighted by molar-refractivity contribution is -0.308. The van der Waals surface area contributed by atoms with Gasteiger partial charge in [-0.3, -0.25) is 0 Å². The number of benzene rings is 2. The van der Waals surface area contributed by atoms with Gasteiger partial charge >= 0.3 is 18.4 Å². The van der Waals surface area contributed by atoms with Crippen LogP contribution in [-0.4, -0.2) is 49.1 Å². The predicted molar refractivity (Wildman–Crippen MR) is 109 cm³/mol. The summed E-state index contributed by atoms with van der Waals surface area (Å²) < 4.78 is 84.9. The van der Waals surface area contributed by atoms with E-state index in [0.717, 1.165) is 16.0 Å². The maximum atomic E-state index is 12.6. The smallest absolute Gasteiger partial charge is 0.434 e. The van der Waals surface area contributed by atoms with Crippen molar-refractivity contribution in [2.45, 2.75) is 31.3 Å². The highest BCUT2D eigenvalue weighted by molar-refractivity contribution is 5.68. The minimum Gasteiger partial charge on any atom is -0.493 e. The average molecular weight is 486 g/mol. The maximum Gasteiger partial charge on any atom is 0.434 e. The van der Waals surface area contributed by atoms with Gasteiger partial charge in [-0.15, -0.1) is 0 Å². The van der Waals surface area contributed by atoms with E-state index in [1.807, 2.05) is 24.3 Å². The fourth-order valence-electron chi connectivity index (χ4n) is 3.47. The van der Waals surface area contributed by atoms with Crippen molar-refractivity contribution in [3.8, 4) is 22.9 Å². The molecule has 0 spiro atoms. The summed E-state index contributed by atoms with van der Waals surface area (Å²) in [7, 11) is 0. The molecule has 0 atom stereocenters. The third kappa shape index (κ3) is 6.56. The first-order valence-corrected chi connectivity index (χ1v) is 10.3. The zero-order valence-corrected chi connectivity index (χ0v) is 17.7. The third-order valence-electron chi connectivity index (χ3n) is 5.37. The van der Waals surface area contributed by atoms with Crippen molar-refractivity contribution in [1.29, 1.82) is 5.26 Å². The van der Waals surface area contributed by atoms with Gasteiger partial charge in [0.2, 0.25) is 0 Å². The molecule has 11 heteroatoms. The molecule has 0 bridgehead atoms. The van der Waals surface area contributed by atoms with Gasteiger partial charge in [-0.05, 0) is 54.2 Å².